The van der Waals surface area contributed by atoms with Gasteiger partial charge in [0.2, 0.25) is 0 Å². The first-order valence-electron chi connectivity index (χ1n) is 8.82. The number of rotatable bonds is 3. The SMILES string of the molecule is CC[C@@H]1CC[C@@H](c2cn[nH]c2)N(C(=O)C(=O)Nc2cnc(N)c(C)c2)C1. The number of nitrogens with two attached hydrogens (primary N) is 1. The van der Waals surface area contributed by atoms with Crippen molar-refractivity contribution in [3.05, 3.63) is 35.8 Å². The standard InChI is InChI=1S/C18H24N6O2/c1-3-12-4-5-15(13-7-21-22-8-13)24(10-12)18(26)17(25)23-14-6-11(2)16(19)20-9-14/h6-9,12,15H,3-5,10H2,1-2H3,(H2,19,20)(H,21,22)(H,23,25)/t12-,15+/m1/s1. The van der Waals surface area contributed by atoms with E-state index in [1.54, 1.807) is 30.3 Å². The van der Waals surface area contributed by atoms with Crippen molar-refractivity contribution in [3.8, 4) is 0 Å². The molecule has 0 bridgehead atoms. The molecule has 2 amide bonds. The molecule has 3 heterocycles. The molecule has 138 valence electrons. The summed E-state index contributed by atoms with van der Waals surface area (Å²) in [6.07, 6.45) is 7.76. The molecule has 8 heteroatoms. The van der Waals surface area contributed by atoms with Crippen LogP contribution in [0.4, 0.5) is 11.5 Å². The molecule has 26 heavy (non-hydrogen) atoms. The van der Waals surface area contributed by atoms with E-state index in [0.717, 1.165) is 30.4 Å². The Labute approximate surface area is 152 Å². The molecule has 3 rings (SSSR count). The smallest absolute Gasteiger partial charge is 0.313 e. The highest BCUT2D eigenvalue weighted by atomic mass is 16.2. The summed E-state index contributed by atoms with van der Waals surface area (Å²) < 4.78 is 0. The molecule has 0 unspecified atom stereocenters. The van der Waals surface area contributed by atoms with Crippen LogP contribution in [0.3, 0.4) is 0 Å². The zero-order valence-corrected chi connectivity index (χ0v) is 15.0. The molecule has 1 saturated heterocycles. The maximum atomic E-state index is 12.9. The number of anilines is 2. The van der Waals surface area contributed by atoms with Crippen molar-refractivity contribution in [2.75, 3.05) is 17.6 Å². The monoisotopic (exact) mass is 356 g/mol. The fourth-order valence-electron chi connectivity index (χ4n) is 3.36. The molecule has 0 spiro atoms. The fraction of sp³-hybridized carbons (Fsp3) is 0.444. The number of aryl methyl sites for hydroxylation is 1. The number of H-pyrrole nitrogens is 1. The number of hydrogen-bond acceptors (Lipinski definition) is 5. The van der Waals surface area contributed by atoms with Crippen LogP contribution in [0.15, 0.2) is 24.7 Å². The summed E-state index contributed by atoms with van der Waals surface area (Å²) in [6, 6.07) is 1.56. The molecule has 2 aromatic rings. The highest BCUT2D eigenvalue weighted by Gasteiger charge is 2.35. The number of nitrogen functional groups attached to an aromatic ring is 1. The number of likely N-dealkylation sites (tertiary alicyclic amines) is 1. The van der Waals surface area contributed by atoms with Gasteiger partial charge >= 0.3 is 11.8 Å². The summed E-state index contributed by atoms with van der Waals surface area (Å²) in [5, 5.41) is 9.40. The lowest BCUT2D eigenvalue weighted by Crippen LogP contribution is -2.46. The molecule has 2 atom stereocenters. The molecule has 1 aliphatic rings. The first-order chi connectivity index (χ1) is 12.5. The van der Waals surface area contributed by atoms with Gasteiger partial charge in [-0.05, 0) is 37.3 Å². The Hall–Kier alpha value is -2.90. The zero-order chi connectivity index (χ0) is 18.7. The lowest BCUT2D eigenvalue weighted by molar-refractivity contribution is -0.146. The Balaban J connectivity index is 1.77. The minimum Gasteiger partial charge on any atom is -0.383 e. The van der Waals surface area contributed by atoms with Crippen molar-refractivity contribution in [2.45, 2.75) is 39.2 Å². The van der Waals surface area contributed by atoms with E-state index in [1.165, 1.54) is 6.20 Å². The molecule has 1 aliphatic heterocycles. The van der Waals surface area contributed by atoms with E-state index in [1.807, 2.05) is 0 Å². The molecule has 4 N–H and O–H groups in total. The van der Waals surface area contributed by atoms with E-state index in [9.17, 15) is 9.59 Å². The molecule has 8 nitrogen and oxygen atoms in total. The van der Waals surface area contributed by atoms with Crippen LogP contribution in [-0.2, 0) is 9.59 Å². The molecule has 2 aromatic heterocycles. The maximum Gasteiger partial charge on any atom is 0.313 e. The van der Waals surface area contributed by atoms with E-state index >= 15 is 0 Å². The van der Waals surface area contributed by atoms with Gasteiger partial charge in [-0.15, -0.1) is 0 Å². The summed E-state index contributed by atoms with van der Waals surface area (Å²) in [5.41, 5.74) is 7.82. The third kappa shape index (κ3) is 3.68. The predicted molar refractivity (Wildman–Crippen MR) is 98.1 cm³/mol. The first kappa shape index (κ1) is 17.9. The van der Waals surface area contributed by atoms with Crippen molar-refractivity contribution in [3.63, 3.8) is 0 Å². The quantitative estimate of drug-likeness (QED) is 0.727. The van der Waals surface area contributed by atoms with E-state index in [4.69, 9.17) is 5.73 Å². The second-order valence-electron chi connectivity index (χ2n) is 6.74. The van der Waals surface area contributed by atoms with Crippen LogP contribution in [-0.4, -0.2) is 38.4 Å². The minimum atomic E-state index is -0.666. The predicted octanol–water partition coefficient (Wildman–Crippen LogP) is 2.02. The molecular weight excluding hydrogens is 332 g/mol. The summed E-state index contributed by atoms with van der Waals surface area (Å²) in [5.74, 6) is -0.406. The lowest BCUT2D eigenvalue weighted by atomic mass is 9.88. The third-order valence-electron chi connectivity index (χ3n) is 4.99. The van der Waals surface area contributed by atoms with Crippen LogP contribution in [0.2, 0.25) is 0 Å². The molecule has 0 saturated carbocycles. The van der Waals surface area contributed by atoms with Crippen LogP contribution < -0.4 is 11.1 Å². The van der Waals surface area contributed by atoms with Gasteiger partial charge in [0.15, 0.2) is 0 Å². The number of carbonyl (C=O) groups is 2. The van der Waals surface area contributed by atoms with Crippen LogP contribution in [0.25, 0.3) is 0 Å². The molecule has 0 aliphatic carbocycles. The number of hydrogen-bond donors (Lipinski definition) is 3. The van der Waals surface area contributed by atoms with Gasteiger partial charge in [0, 0.05) is 18.3 Å². The number of carbonyl (C=O) groups excluding carboxylic acids is 2. The van der Waals surface area contributed by atoms with Crippen molar-refractivity contribution >= 4 is 23.3 Å². The Morgan fingerprint density at radius 3 is 2.85 bits per heavy atom. The van der Waals surface area contributed by atoms with Crippen molar-refractivity contribution in [2.24, 2.45) is 5.92 Å². The Morgan fingerprint density at radius 1 is 1.38 bits per heavy atom. The van der Waals surface area contributed by atoms with Gasteiger partial charge in [-0.25, -0.2) is 4.98 Å². The summed E-state index contributed by atoms with van der Waals surface area (Å²) >= 11 is 0. The molecule has 0 radical (unpaired) electrons. The van der Waals surface area contributed by atoms with E-state index < -0.39 is 11.8 Å². The molecule has 1 fully saturated rings. The van der Waals surface area contributed by atoms with Gasteiger partial charge < -0.3 is 16.0 Å². The van der Waals surface area contributed by atoms with E-state index in [0.29, 0.717) is 24.0 Å². The minimum absolute atomic E-state index is 0.138. The molecule has 0 aromatic carbocycles. The van der Waals surface area contributed by atoms with Crippen LogP contribution in [0.1, 0.15) is 43.4 Å². The number of nitrogens with zero attached hydrogens (tertiary/aromatic N) is 3. The number of amides is 2. The van der Waals surface area contributed by atoms with Gasteiger partial charge in [0.05, 0.1) is 24.1 Å². The second-order valence-corrected chi connectivity index (χ2v) is 6.74. The average Bonchev–Trinajstić information content (AvgIpc) is 3.18. The van der Waals surface area contributed by atoms with Crippen LogP contribution in [0, 0.1) is 12.8 Å². The zero-order valence-electron chi connectivity index (χ0n) is 15.0. The Morgan fingerprint density at radius 2 is 2.19 bits per heavy atom. The van der Waals surface area contributed by atoms with Crippen LogP contribution >= 0.6 is 0 Å². The van der Waals surface area contributed by atoms with Gasteiger partial charge in [0.1, 0.15) is 5.82 Å². The fourth-order valence-corrected chi connectivity index (χ4v) is 3.36. The number of aromatic amines is 1. The normalized spacial score (nSPS) is 20.0. The van der Waals surface area contributed by atoms with Gasteiger partial charge in [-0.3, -0.25) is 14.7 Å². The average molecular weight is 356 g/mol. The number of nitrogens with one attached hydrogen (secondary N) is 2. The molecular formula is C18H24N6O2. The number of aromatic nitrogens is 3. The third-order valence-corrected chi connectivity index (χ3v) is 4.99. The van der Waals surface area contributed by atoms with E-state index in [-0.39, 0.29) is 6.04 Å². The van der Waals surface area contributed by atoms with Crippen molar-refractivity contribution in [1.82, 2.24) is 20.1 Å². The maximum absolute atomic E-state index is 12.9. The summed E-state index contributed by atoms with van der Waals surface area (Å²) in [7, 11) is 0. The Kier molecular flexibility index (Phi) is 5.20. The van der Waals surface area contributed by atoms with Gasteiger partial charge in [-0.1, -0.05) is 13.3 Å². The highest BCUT2D eigenvalue weighted by molar-refractivity contribution is 6.39. The van der Waals surface area contributed by atoms with E-state index in [2.05, 4.69) is 27.4 Å². The number of pyridine rings is 1. The topological polar surface area (TPSA) is 117 Å². The number of piperidine rings is 1. The first-order valence-corrected chi connectivity index (χ1v) is 8.82. The highest BCUT2D eigenvalue weighted by Crippen LogP contribution is 2.34. The Bertz CT molecular complexity index is 789. The van der Waals surface area contributed by atoms with Gasteiger partial charge in [0.25, 0.3) is 0 Å². The summed E-state index contributed by atoms with van der Waals surface area (Å²) in [4.78, 5) is 31.1. The second kappa shape index (κ2) is 7.55. The van der Waals surface area contributed by atoms with Crippen molar-refractivity contribution < 1.29 is 9.59 Å². The van der Waals surface area contributed by atoms with Crippen molar-refractivity contribution in [1.29, 1.82) is 0 Å². The summed E-state index contributed by atoms with van der Waals surface area (Å²) in [6.45, 7) is 4.47. The van der Waals surface area contributed by atoms with Crippen LogP contribution in [0.5, 0.6) is 0 Å². The van der Waals surface area contributed by atoms with Gasteiger partial charge in [-0.2, -0.15) is 5.10 Å². The largest absolute Gasteiger partial charge is 0.383 e. The lowest BCUT2D eigenvalue weighted by Gasteiger charge is -2.38.